The lowest BCUT2D eigenvalue weighted by Gasteiger charge is -2.31. The zero-order valence-electron chi connectivity index (χ0n) is 12.9. The molecule has 0 spiro atoms. The van der Waals surface area contributed by atoms with Gasteiger partial charge in [0.1, 0.15) is 11.5 Å². The molecule has 3 N–H and O–H groups in total. The quantitative estimate of drug-likeness (QED) is 0.725. The van der Waals surface area contributed by atoms with Gasteiger partial charge < -0.3 is 25.4 Å². The minimum atomic E-state index is -0.394. The minimum absolute atomic E-state index is 0.178. The van der Waals surface area contributed by atoms with Crippen LogP contribution in [-0.2, 0) is 4.79 Å². The third kappa shape index (κ3) is 2.99. The van der Waals surface area contributed by atoms with Gasteiger partial charge in [-0.2, -0.15) is 0 Å². The van der Waals surface area contributed by atoms with Crippen molar-refractivity contribution in [3.8, 4) is 11.5 Å². The molecule has 0 unspecified atom stereocenters. The van der Waals surface area contributed by atoms with Gasteiger partial charge in [0, 0.05) is 24.4 Å². The van der Waals surface area contributed by atoms with Crippen LogP contribution in [0.4, 0.5) is 0 Å². The second-order valence-corrected chi connectivity index (χ2v) is 5.17. The van der Waals surface area contributed by atoms with E-state index in [1.807, 2.05) is 19.1 Å². The summed E-state index contributed by atoms with van der Waals surface area (Å²) >= 11 is 5.21. The fourth-order valence-electron chi connectivity index (χ4n) is 2.42. The van der Waals surface area contributed by atoms with Crippen molar-refractivity contribution in [1.82, 2.24) is 16.0 Å². The first kappa shape index (κ1) is 16.1. The van der Waals surface area contributed by atoms with E-state index in [2.05, 4.69) is 16.0 Å². The average Bonchev–Trinajstić information content (AvgIpc) is 2.52. The SMILES string of the molecule is CNC(=O)C1=C(C)NC(=S)N[C@H]1c1ccc(OC)cc1OC. The van der Waals surface area contributed by atoms with Gasteiger partial charge in [-0.15, -0.1) is 0 Å². The molecule has 0 saturated carbocycles. The van der Waals surface area contributed by atoms with Gasteiger partial charge >= 0.3 is 0 Å². The largest absolute Gasteiger partial charge is 0.497 e. The zero-order chi connectivity index (χ0) is 16.3. The molecule has 0 aromatic heterocycles. The van der Waals surface area contributed by atoms with Gasteiger partial charge in [-0.1, -0.05) is 0 Å². The van der Waals surface area contributed by atoms with E-state index in [0.717, 1.165) is 5.56 Å². The van der Waals surface area contributed by atoms with Gasteiger partial charge in [0.05, 0.1) is 25.8 Å². The number of carbonyl (C=O) groups is 1. The summed E-state index contributed by atoms with van der Waals surface area (Å²) in [5, 5.41) is 9.22. The molecule has 1 aromatic rings. The fourth-order valence-corrected chi connectivity index (χ4v) is 2.69. The smallest absolute Gasteiger partial charge is 0.251 e. The van der Waals surface area contributed by atoms with Crippen LogP contribution in [0.15, 0.2) is 29.5 Å². The Bertz CT molecular complexity index is 643. The van der Waals surface area contributed by atoms with Crippen LogP contribution in [0.25, 0.3) is 0 Å². The summed E-state index contributed by atoms with van der Waals surface area (Å²) in [6.45, 7) is 1.82. The fraction of sp³-hybridized carbons (Fsp3) is 0.333. The molecule has 1 aliphatic rings. The Morgan fingerprint density at radius 2 is 2.05 bits per heavy atom. The Labute approximate surface area is 134 Å². The second kappa shape index (κ2) is 6.65. The lowest BCUT2D eigenvalue weighted by atomic mass is 9.94. The molecule has 7 heteroatoms. The molecule has 1 aliphatic heterocycles. The van der Waals surface area contributed by atoms with Gasteiger partial charge in [-0.3, -0.25) is 4.79 Å². The van der Waals surface area contributed by atoms with Gasteiger partial charge in [0.2, 0.25) is 0 Å². The molecule has 0 saturated heterocycles. The van der Waals surface area contributed by atoms with Crippen molar-refractivity contribution in [3.05, 3.63) is 35.0 Å². The third-order valence-electron chi connectivity index (χ3n) is 3.49. The molecular formula is C15H19N3O3S. The van der Waals surface area contributed by atoms with E-state index in [4.69, 9.17) is 21.7 Å². The van der Waals surface area contributed by atoms with Gasteiger partial charge in [0.15, 0.2) is 5.11 Å². The first-order chi connectivity index (χ1) is 10.5. The number of amides is 1. The highest BCUT2D eigenvalue weighted by atomic mass is 32.1. The number of hydrogen-bond donors (Lipinski definition) is 3. The highest BCUT2D eigenvalue weighted by Crippen LogP contribution is 2.35. The normalized spacial score (nSPS) is 17.5. The number of benzene rings is 1. The summed E-state index contributed by atoms with van der Waals surface area (Å²) in [4.78, 5) is 12.2. The van der Waals surface area contributed by atoms with E-state index in [0.29, 0.717) is 27.9 Å². The number of ether oxygens (including phenoxy) is 2. The molecular weight excluding hydrogens is 302 g/mol. The monoisotopic (exact) mass is 321 g/mol. The number of hydrogen-bond acceptors (Lipinski definition) is 4. The molecule has 1 atom stereocenters. The zero-order valence-corrected chi connectivity index (χ0v) is 13.8. The van der Waals surface area contributed by atoms with Crippen molar-refractivity contribution in [2.75, 3.05) is 21.3 Å². The van der Waals surface area contributed by atoms with Gasteiger partial charge in [-0.05, 0) is 31.3 Å². The predicted octanol–water partition coefficient (Wildman–Crippen LogP) is 1.24. The Kier molecular flexibility index (Phi) is 4.87. The van der Waals surface area contributed by atoms with Crippen LogP contribution >= 0.6 is 12.2 Å². The molecule has 0 radical (unpaired) electrons. The highest BCUT2D eigenvalue weighted by Gasteiger charge is 2.31. The summed E-state index contributed by atoms with van der Waals surface area (Å²) in [6.07, 6.45) is 0. The topological polar surface area (TPSA) is 71.6 Å². The first-order valence-electron chi connectivity index (χ1n) is 6.74. The number of allylic oxidation sites excluding steroid dienone is 1. The van der Waals surface area contributed by atoms with E-state index in [9.17, 15) is 4.79 Å². The van der Waals surface area contributed by atoms with Crippen LogP contribution in [-0.4, -0.2) is 32.3 Å². The highest BCUT2D eigenvalue weighted by molar-refractivity contribution is 7.80. The van der Waals surface area contributed by atoms with Crippen LogP contribution < -0.4 is 25.4 Å². The molecule has 0 bridgehead atoms. The third-order valence-corrected chi connectivity index (χ3v) is 3.71. The molecule has 6 nitrogen and oxygen atoms in total. The minimum Gasteiger partial charge on any atom is -0.497 e. The lowest BCUT2D eigenvalue weighted by molar-refractivity contribution is -0.117. The molecule has 118 valence electrons. The lowest BCUT2D eigenvalue weighted by Crippen LogP contribution is -2.46. The van der Waals surface area contributed by atoms with Gasteiger partial charge in [-0.25, -0.2) is 0 Å². The molecule has 0 fully saturated rings. The summed E-state index contributed by atoms with van der Waals surface area (Å²) in [6, 6.07) is 5.06. The number of methoxy groups -OCH3 is 2. The van der Waals surface area contributed by atoms with Crippen LogP contribution in [0.1, 0.15) is 18.5 Å². The van der Waals surface area contributed by atoms with E-state index in [-0.39, 0.29) is 5.91 Å². The van der Waals surface area contributed by atoms with Crippen molar-refractivity contribution in [2.24, 2.45) is 0 Å². The number of thiocarbonyl (C=S) groups is 1. The van der Waals surface area contributed by atoms with Crippen molar-refractivity contribution in [3.63, 3.8) is 0 Å². The number of carbonyl (C=O) groups excluding carboxylic acids is 1. The van der Waals surface area contributed by atoms with Crippen LogP contribution in [0.2, 0.25) is 0 Å². The van der Waals surface area contributed by atoms with Gasteiger partial charge in [0.25, 0.3) is 5.91 Å². The maximum Gasteiger partial charge on any atom is 0.251 e. The molecule has 1 heterocycles. The maximum atomic E-state index is 12.2. The summed E-state index contributed by atoms with van der Waals surface area (Å²) < 4.78 is 10.6. The van der Waals surface area contributed by atoms with Crippen molar-refractivity contribution in [1.29, 1.82) is 0 Å². The average molecular weight is 321 g/mol. The molecule has 22 heavy (non-hydrogen) atoms. The van der Waals surface area contributed by atoms with E-state index in [1.54, 1.807) is 27.3 Å². The van der Waals surface area contributed by atoms with Crippen molar-refractivity contribution < 1.29 is 14.3 Å². The Morgan fingerprint density at radius 3 is 2.64 bits per heavy atom. The Hall–Kier alpha value is -2.28. The number of rotatable bonds is 4. The maximum absolute atomic E-state index is 12.2. The first-order valence-corrected chi connectivity index (χ1v) is 7.15. The number of nitrogens with one attached hydrogen (secondary N) is 3. The second-order valence-electron chi connectivity index (χ2n) is 4.76. The molecule has 2 rings (SSSR count). The van der Waals surface area contributed by atoms with Crippen molar-refractivity contribution >= 4 is 23.2 Å². The standard InChI is InChI=1S/C15H19N3O3S/c1-8-12(14(19)16-2)13(18-15(22)17-8)10-6-5-9(20-3)7-11(10)21-4/h5-7,13H,1-4H3,(H,16,19)(H2,17,18,22)/t13-/m0/s1. The summed E-state index contributed by atoms with van der Waals surface area (Å²) in [5.41, 5.74) is 2.09. The summed E-state index contributed by atoms with van der Waals surface area (Å²) in [5.74, 6) is 1.12. The molecule has 0 aliphatic carbocycles. The Balaban J connectivity index is 2.55. The van der Waals surface area contributed by atoms with Crippen LogP contribution in [0.3, 0.4) is 0 Å². The number of likely N-dealkylation sites (N-methyl/N-ethyl adjacent to an activating group) is 1. The molecule has 1 aromatic carbocycles. The van der Waals surface area contributed by atoms with E-state index < -0.39 is 6.04 Å². The van der Waals surface area contributed by atoms with Crippen LogP contribution in [0, 0.1) is 0 Å². The van der Waals surface area contributed by atoms with E-state index in [1.165, 1.54) is 0 Å². The Morgan fingerprint density at radius 1 is 1.32 bits per heavy atom. The summed E-state index contributed by atoms with van der Waals surface area (Å²) in [7, 11) is 4.76. The predicted molar refractivity (Wildman–Crippen MR) is 87.9 cm³/mol. The molecule has 1 amide bonds. The van der Waals surface area contributed by atoms with Crippen LogP contribution in [0.5, 0.6) is 11.5 Å². The van der Waals surface area contributed by atoms with E-state index >= 15 is 0 Å². The van der Waals surface area contributed by atoms with Crippen molar-refractivity contribution in [2.45, 2.75) is 13.0 Å².